The van der Waals surface area contributed by atoms with E-state index in [0.717, 1.165) is 31.5 Å². The molecule has 2 saturated heterocycles. The van der Waals surface area contributed by atoms with E-state index in [1.54, 1.807) is 0 Å². The number of nitrogens with one attached hydrogen (secondary N) is 3. The summed E-state index contributed by atoms with van der Waals surface area (Å²) in [7, 11) is 0. The maximum atomic E-state index is 14.3. The molecule has 0 bridgehead atoms. The van der Waals surface area contributed by atoms with Gasteiger partial charge in [0.15, 0.2) is 0 Å². The Balaban J connectivity index is 1.69. The van der Waals surface area contributed by atoms with E-state index in [2.05, 4.69) is 16.0 Å². The summed E-state index contributed by atoms with van der Waals surface area (Å²) >= 11 is 0. The van der Waals surface area contributed by atoms with Crippen molar-refractivity contribution in [1.82, 2.24) is 10.6 Å². The molecule has 1 aromatic rings. The number of anilines is 1. The summed E-state index contributed by atoms with van der Waals surface area (Å²) in [4.78, 5) is 22.7. The first-order valence-corrected chi connectivity index (χ1v) is 7.71. The predicted molar refractivity (Wildman–Crippen MR) is 81.0 cm³/mol. The number of carbonyl (C=O) groups excluding carboxylic acids is 2. The van der Waals surface area contributed by atoms with Gasteiger partial charge in [-0.3, -0.25) is 14.9 Å². The lowest BCUT2D eigenvalue weighted by Crippen LogP contribution is -2.43. The number of carbonyl (C=O) groups is 2. The van der Waals surface area contributed by atoms with Crippen molar-refractivity contribution >= 4 is 17.5 Å². The Hall–Kier alpha value is -1.95. The van der Waals surface area contributed by atoms with E-state index in [-0.39, 0.29) is 42.4 Å². The van der Waals surface area contributed by atoms with Gasteiger partial charge in [0, 0.05) is 24.6 Å². The van der Waals surface area contributed by atoms with Crippen LogP contribution in [0.5, 0.6) is 0 Å². The molecule has 22 heavy (non-hydrogen) atoms. The molecule has 5 nitrogen and oxygen atoms in total. The third kappa shape index (κ3) is 3.44. The van der Waals surface area contributed by atoms with Crippen molar-refractivity contribution in [2.24, 2.45) is 0 Å². The van der Waals surface area contributed by atoms with E-state index in [4.69, 9.17) is 0 Å². The summed E-state index contributed by atoms with van der Waals surface area (Å²) in [6.07, 6.45) is 2.34. The molecule has 2 amide bonds. The van der Waals surface area contributed by atoms with Crippen LogP contribution in [-0.2, 0) is 9.59 Å². The topological polar surface area (TPSA) is 70.2 Å². The van der Waals surface area contributed by atoms with E-state index in [9.17, 15) is 14.0 Å². The van der Waals surface area contributed by atoms with E-state index >= 15 is 0 Å². The SMILES string of the molecule is O=C1CC(Nc2ccc(C3CCNCC3)c(F)c2)CC(=O)N1. The van der Waals surface area contributed by atoms with Crippen molar-refractivity contribution in [3.05, 3.63) is 29.6 Å². The van der Waals surface area contributed by atoms with Crippen LogP contribution in [0, 0.1) is 5.82 Å². The minimum absolute atomic E-state index is 0.219. The molecular weight excluding hydrogens is 285 g/mol. The molecule has 2 heterocycles. The number of hydrogen-bond donors (Lipinski definition) is 3. The number of hydrogen-bond acceptors (Lipinski definition) is 4. The highest BCUT2D eigenvalue weighted by Gasteiger charge is 2.25. The summed E-state index contributed by atoms with van der Waals surface area (Å²) in [5.74, 6) is -0.540. The highest BCUT2D eigenvalue weighted by molar-refractivity contribution is 5.98. The van der Waals surface area contributed by atoms with Gasteiger partial charge in [-0.1, -0.05) is 6.07 Å². The molecule has 2 aliphatic heterocycles. The van der Waals surface area contributed by atoms with Crippen molar-refractivity contribution in [3.63, 3.8) is 0 Å². The van der Waals surface area contributed by atoms with Gasteiger partial charge in [0.25, 0.3) is 0 Å². The Morgan fingerprint density at radius 3 is 2.41 bits per heavy atom. The first-order chi connectivity index (χ1) is 10.6. The van der Waals surface area contributed by atoms with Gasteiger partial charge in [-0.2, -0.15) is 0 Å². The molecule has 1 aromatic carbocycles. The molecule has 0 radical (unpaired) electrons. The van der Waals surface area contributed by atoms with Crippen LogP contribution in [0.25, 0.3) is 0 Å². The Kier molecular flexibility index (Phi) is 4.38. The molecule has 0 spiro atoms. The molecule has 2 fully saturated rings. The molecule has 2 aliphatic rings. The lowest BCUT2D eigenvalue weighted by molar-refractivity contribution is -0.133. The van der Waals surface area contributed by atoms with Crippen molar-refractivity contribution in [1.29, 1.82) is 0 Å². The molecule has 3 N–H and O–H groups in total. The second-order valence-corrected chi connectivity index (χ2v) is 5.98. The van der Waals surface area contributed by atoms with Crippen LogP contribution in [0.15, 0.2) is 18.2 Å². The van der Waals surface area contributed by atoms with Gasteiger partial charge >= 0.3 is 0 Å². The first kappa shape index (κ1) is 15.0. The Morgan fingerprint density at radius 2 is 1.77 bits per heavy atom. The van der Waals surface area contributed by atoms with Crippen molar-refractivity contribution in [3.8, 4) is 0 Å². The standard InChI is InChI=1S/C16H20FN3O2/c17-14-7-11(19-12-8-15(21)20-16(22)9-12)1-2-13(14)10-3-5-18-6-4-10/h1-2,7,10,12,18-19H,3-6,8-9H2,(H,20,21,22). The fourth-order valence-electron chi connectivity index (χ4n) is 3.20. The average molecular weight is 305 g/mol. The average Bonchev–Trinajstić information content (AvgIpc) is 2.47. The Morgan fingerprint density at radius 1 is 1.09 bits per heavy atom. The molecule has 6 heteroatoms. The summed E-state index contributed by atoms with van der Waals surface area (Å²) < 4.78 is 14.3. The second kappa shape index (κ2) is 6.44. The summed E-state index contributed by atoms with van der Waals surface area (Å²) in [6, 6.07) is 4.84. The number of piperidine rings is 2. The third-order valence-corrected chi connectivity index (χ3v) is 4.29. The molecule has 0 aromatic heterocycles. The lowest BCUT2D eigenvalue weighted by atomic mass is 9.89. The fourth-order valence-corrected chi connectivity index (χ4v) is 3.20. The predicted octanol–water partition coefficient (Wildman–Crippen LogP) is 1.51. The van der Waals surface area contributed by atoms with Gasteiger partial charge in [0.05, 0.1) is 0 Å². The largest absolute Gasteiger partial charge is 0.381 e. The summed E-state index contributed by atoms with van der Waals surface area (Å²) in [6.45, 7) is 1.84. The van der Waals surface area contributed by atoms with Gasteiger partial charge in [-0.15, -0.1) is 0 Å². The van der Waals surface area contributed by atoms with Crippen molar-refractivity contribution in [2.45, 2.75) is 37.6 Å². The highest BCUT2D eigenvalue weighted by atomic mass is 19.1. The van der Waals surface area contributed by atoms with Crippen LogP contribution in [0.4, 0.5) is 10.1 Å². The normalized spacial score (nSPS) is 20.8. The smallest absolute Gasteiger partial charge is 0.228 e. The minimum atomic E-state index is -0.291. The van der Waals surface area contributed by atoms with Crippen LogP contribution < -0.4 is 16.0 Å². The Bertz CT molecular complexity index is 569. The highest BCUT2D eigenvalue weighted by Crippen LogP contribution is 2.29. The van der Waals surface area contributed by atoms with E-state index in [1.165, 1.54) is 6.07 Å². The fraction of sp³-hybridized carbons (Fsp3) is 0.500. The summed E-state index contributed by atoms with van der Waals surface area (Å²) in [5.41, 5.74) is 1.37. The van der Waals surface area contributed by atoms with Crippen molar-refractivity contribution < 1.29 is 14.0 Å². The van der Waals surface area contributed by atoms with E-state index in [0.29, 0.717) is 5.69 Å². The summed E-state index contributed by atoms with van der Waals surface area (Å²) in [5, 5.41) is 8.61. The number of amides is 2. The maximum Gasteiger partial charge on any atom is 0.228 e. The number of rotatable bonds is 3. The quantitative estimate of drug-likeness (QED) is 0.740. The third-order valence-electron chi connectivity index (χ3n) is 4.29. The molecule has 3 rings (SSSR count). The van der Waals surface area contributed by atoms with Crippen molar-refractivity contribution in [2.75, 3.05) is 18.4 Å². The van der Waals surface area contributed by atoms with Gasteiger partial charge in [0.1, 0.15) is 5.82 Å². The number of benzene rings is 1. The lowest BCUT2D eigenvalue weighted by Gasteiger charge is -2.25. The van der Waals surface area contributed by atoms with Crippen LogP contribution in [-0.4, -0.2) is 30.9 Å². The zero-order valence-electron chi connectivity index (χ0n) is 12.3. The number of imide groups is 1. The molecule has 0 aliphatic carbocycles. The van der Waals surface area contributed by atoms with Crippen LogP contribution in [0.1, 0.15) is 37.2 Å². The van der Waals surface area contributed by atoms with Gasteiger partial charge in [-0.05, 0) is 49.5 Å². The zero-order chi connectivity index (χ0) is 15.5. The maximum absolute atomic E-state index is 14.3. The number of halogens is 1. The van der Waals surface area contributed by atoms with Gasteiger partial charge in [-0.25, -0.2) is 4.39 Å². The van der Waals surface area contributed by atoms with Crippen LogP contribution in [0.3, 0.4) is 0 Å². The molecule has 118 valence electrons. The Labute approximate surface area is 128 Å². The molecule has 0 unspecified atom stereocenters. The molecule has 0 atom stereocenters. The van der Waals surface area contributed by atoms with E-state index in [1.807, 2.05) is 12.1 Å². The molecular formula is C16H20FN3O2. The van der Waals surface area contributed by atoms with Gasteiger partial charge in [0.2, 0.25) is 11.8 Å². The zero-order valence-corrected chi connectivity index (χ0v) is 12.3. The second-order valence-electron chi connectivity index (χ2n) is 5.98. The molecule has 0 saturated carbocycles. The van der Waals surface area contributed by atoms with Gasteiger partial charge < -0.3 is 10.6 Å². The first-order valence-electron chi connectivity index (χ1n) is 7.71. The minimum Gasteiger partial charge on any atom is -0.381 e. The van der Waals surface area contributed by atoms with Crippen LogP contribution in [0.2, 0.25) is 0 Å². The van der Waals surface area contributed by atoms with Crippen LogP contribution >= 0.6 is 0 Å². The van der Waals surface area contributed by atoms with E-state index < -0.39 is 0 Å². The monoisotopic (exact) mass is 305 g/mol.